The summed E-state index contributed by atoms with van der Waals surface area (Å²) in [7, 11) is 0. The van der Waals surface area contributed by atoms with E-state index < -0.39 is 34.6 Å². The van der Waals surface area contributed by atoms with Crippen LogP contribution in [0.3, 0.4) is 0 Å². The Morgan fingerprint density at radius 3 is 2.62 bits per heavy atom. The summed E-state index contributed by atoms with van der Waals surface area (Å²) in [6, 6.07) is 4.63. The maximum absolute atomic E-state index is 14.8. The number of rotatable bonds is 11. The van der Waals surface area contributed by atoms with Gasteiger partial charge >= 0.3 is 5.97 Å². The van der Waals surface area contributed by atoms with Gasteiger partial charge in [0.05, 0.1) is 29.2 Å². The zero-order valence-electron chi connectivity index (χ0n) is 23.8. The Morgan fingerprint density at radius 1 is 1.28 bits per heavy atom. The minimum Gasteiger partial charge on any atom is -0.461 e. The number of aliphatic hydroxyl groups is 1. The number of carbonyl (C=O) groups excluding carboxylic acids is 3. The molecule has 3 saturated heterocycles. The van der Waals surface area contributed by atoms with Crippen LogP contribution in [0.15, 0.2) is 43.5 Å². The number of anilines is 1. The molecule has 8 heteroatoms. The molecule has 3 aliphatic heterocycles. The first-order valence-electron chi connectivity index (χ1n) is 13.9. The van der Waals surface area contributed by atoms with E-state index in [-0.39, 0.29) is 48.7 Å². The number of thioether (sulfide) groups is 1. The summed E-state index contributed by atoms with van der Waals surface area (Å²) in [5, 5.41) is 10.4. The number of hydrogen-bond acceptors (Lipinski definition) is 6. The summed E-state index contributed by atoms with van der Waals surface area (Å²) in [4.78, 5) is 46.0. The molecule has 3 aliphatic rings. The highest BCUT2D eigenvalue weighted by Crippen LogP contribution is 2.69. The van der Waals surface area contributed by atoms with Gasteiger partial charge in [-0.1, -0.05) is 51.6 Å². The molecule has 7 atom stereocenters. The fourth-order valence-corrected chi connectivity index (χ4v) is 9.44. The molecule has 0 radical (unpaired) electrons. The molecule has 1 spiro atoms. The SMILES string of the molecule is C=CCOC(=O)[C@@H]1[C@H]2C(=O)N([C@@H](CO)CC(C)C)C(C(=O)N(CC=C)c3cc(C)ccc3C)C23S[C@@H]1CC3C. The molecule has 2 bridgehead atoms. The quantitative estimate of drug-likeness (QED) is 0.324. The molecule has 0 aromatic heterocycles. The van der Waals surface area contributed by atoms with Crippen molar-refractivity contribution in [3.63, 3.8) is 0 Å². The van der Waals surface area contributed by atoms with Crippen LogP contribution in [0.5, 0.6) is 0 Å². The van der Waals surface area contributed by atoms with Crippen LogP contribution in [0.2, 0.25) is 0 Å². The molecular weight excluding hydrogens is 512 g/mol. The van der Waals surface area contributed by atoms with Gasteiger partial charge in [0.15, 0.2) is 0 Å². The molecule has 3 fully saturated rings. The number of fused-ring (bicyclic) bond motifs is 1. The lowest BCUT2D eigenvalue weighted by Gasteiger charge is -2.42. The van der Waals surface area contributed by atoms with Crippen LogP contribution >= 0.6 is 11.8 Å². The van der Waals surface area contributed by atoms with Gasteiger partial charge in [-0.25, -0.2) is 0 Å². The fourth-order valence-electron chi connectivity index (χ4n) is 7.05. The number of aryl methyl sites for hydroxylation is 2. The van der Waals surface area contributed by atoms with Crippen LogP contribution in [0, 0.1) is 37.5 Å². The average Bonchev–Trinajstić information content (AvgIpc) is 3.49. The normalized spacial score (nSPS) is 29.9. The van der Waals surface area contributed by atoms with Crippen LogP contribution in [0.4, 0.5) is 5.69 Å². The molecule has 2 amide bonds. The third-order valence-corrected chi connectivity index (χ3v) is 10.7. The summed E-state index contributed by atoms with van der Waals surface area (Å²) in [6.07, 6.45) is 4.49. The van der Waals surface area contributed by atoms with Crippen molar-refractivity contribution in [2.45, 2.75) is 69.5 Å². The number of hydrogen-bond donors (Lipinski definition) is 1. The van der Waals surface area contributed by atoms with Crippen LogP contribution in [-0.2, 0) is 19.1 Å². The highest BCUT2D eigenvalue weighted by atomic mass is 32.2. The molecule has 3 heterocycles. The number of esters is 1. The van der Waals surface area contributed by atoms with E-state index in [0.717, 1.165) is 23.2 Å². The van der Waals surface area contributed by atoms with Crippen molar-refractivity contribution < 1.29 is 24.2 Å². The second-order valence-corrected chi connectivity index (χ2v) is 13.3. The lowest BCUT2D eigenvalue weighted by molar-refractivity contribution is -0.154. The Bertz CT molecular complexity index is 1150. The minimum atomic E-state index is -0.826. The maximum Gasteiger partial charge on any atom is 0.311 e. The predicted molar refractivity (Wildman–Crippen MR) is 155 cm³/mol. The Hall–Kier alpha value is -2.58. The number of likely N-dealkylation sites (tertiary alicyclic amines) is 1. The first kappa shape index (κ1) is 29.4. The summed E-state index contributed by atoms with van der Waals surface area (Å²) in [6.45, 7) is 17.8. The zero-order chi connectivity index (χ0) is 28.6. The molecule has 1 N–H and O–H groups in total. The van der Waals surface area contributed by atoms with Gasteiger partial charge in [0.1, 0.15) is 12.6 Å². The van der Waals surface area contributed by atoms with Gasteiger partial charge in [-0.05, 0) is 55.7 Å². The third kappa shape index (κ3) is 4.84. The molecule has 0 aliphatic carbocycles. The molecule has 39 heavy (non-hydrogen) atoms. The smallest absolute Gasteiger partial charge is 0.311 e. The van der Waals surface area contributed by atoms with Crippen LogP contribution < -0.4 is 4.90 Å². The standard InChI is InChI=1S/C31H42N2O5S/c1-8-12-32(23-15-19(5)10-11-20(23)6)29(36)27-31-21(7)16-24(39-31)25(30(37)38-13-9-2)26(31)28(35)33(27)22(17-34)14-18(3)4/h8-11,15,18,21-22,24-27,34H,1-2,12-14,16-17H2,3-7H3/t21?,22-,24-,25+,26+,27?,31?/m1/s1. The molecule has 1 aromatic rings. The lowest BCUT2D eigenvalue weighted by atomic mass is 9.66. The van der Waals surface area contributed by atoms with Crippen LogP contribution in [0.25, 0.3) is 0 Å². The highest BCUT2D eigenvalue weighted by Gasteiger charge is 2.77. The number of carbonyl (C=O) groups is 3. The van der Waals surface area contributed by atoms with Gasteiger partial charge in [0, 0.05) is 17.5 Å². The van der Waals surface area contributed by atoms with E-state index in [4.69, 9.17) is 4.74 Å². The van der Waals surface area contributed by atoms with Crippen molar-refractivity contribution in [2.24, 2.45) is 23.7 Å². The van der Waals surface area contributed by atoms with Crippen molar-refractivity contribution in [2.75, 3.05) is 24.7 Å². The number of benzene rings is 1. The summed E-state index contributed by atoms with van der Waals surface area (Å²) >= 11 is 1.61. The third-order valence-electron chi connectivity index (χ3n) is 8.61. The van der Waals surface area contributed by atoms with Crippen LogP contribution in [0.1, 0.15) is 44.7 Å². The van der Waals surface area contributed by atoms with E-state index >= 15 is 0 Å². The lowest BCUT2D eigenvalue weighted by Crippen LogP contribution is -2.59. The summed E-state index contributed by atoms with van der Waals surface area (Å²) < 4.78 is 4.69. The molecular formula is C31H42N2O5S. The molecule has 7 nitrogen and oxygen atoms in total. The largest absolute Gasteiger partial charge is 0.461 e. The van der Waals surface area contributed by atoms with Gasteiger partial charge < -0.3 is 19.6 Å². The number of ether oxygens (including phenoxy) is 1. The van der Waals surface area contributed by atoms with Gasteiger partial charge in [0.2, 0.25) is 5.91 Å². The Morgan fingerprint density at radius 2 is 2.00 bits per heavy atom. The Kier molecular flexibility index (Phi) is 8.67. The van der Waals surface area contributed by atoms with E-state index in [1.54, 1.807) is 27.6 Å². The van der Waals surface area contributed by atoms with E-state index in [1.165, 1.54) is 6.08 Å². The van der Waals surface area contributed by atoms with Gasteiger partial charge in [-0.3, -0.25) is 14.4 Å². The highest BCUT2D eigenvalue weighted by molar-refractivity contribution is 8.02. The van der Waals surface area contributed by atoms with E-state index in [2.05, 4.69) is 20.1 Å². The number of aliphatic hydroxyl groups excluding tert-OH is 1. The minimum absolute atomic E-state index is 0.0198. The second kappa shape index (κ2) is 11.5. The van der Waals surface area contributed by atoms with E-state index in [0.29, 0.717) is 6.42 Å². The second-order valence-electron chi connectivity index (χ2n) is 11.7. The van der Waals surface area contributed by atoms with E-state index in [9.17, 15) is 19.5 Å². The van der Waals surface area contributed by atoms with E-state index in [1.807, 2.05) is 45.9 Å². The number of amides is 2. The molecule has 4 rings (SSSR count). The van der Waals surface area contributed by atoms with Gasteiger partial charge in [-0.15, -0.1) is 18.3 Å². The first-order valence-corrected chi connectivity index (χ1v) is 14.8. The van der Waals surface area contributed by atoms with Crippen molar-refractivity contribution in [1.29, 1.82) is 0 Å². The first-order chi connectivity index (χ1) is 18.5. The van der Waals surface area contributed by atoms with Crippen LogP contribution in [-0.4, -0.2) is 69.6 Å². The number of nitrogens with zero attached hydrogens (tertiary/aromatic N) is 2. The molecule has 0 saturated carbocycles. The predicted octanol–water partition coefficient (Wildman–Crippen LogP) is 4.30. The molecule has 1 aromatic carbocycles. The zero-order valence-corrected chi connectivity index (χ0v) is 24.6. The molecule has 212 valence electrons. The van der Waals surface area contributed by atoms with Crippen molar-refractivity contribution in [1.82, 2.24) is 4.90 Å². The Balaban J connectivity index is 1.87. The monoisotopic (exact) mass is 554 g/mol. The summed E-state index contributed by atoms with van der Waals surface area (Å²) in [5.41, 5.74) is 2.75. The van der Waals surface area contributed by atoms with Crippen molar-refractivity contribution in [3.8, 4) is 0 Å². The Labute approximate surface area is 236 Å². The summed E-state index contributed by atoms with van der Waals surface area (Å²) in [5.74, 6) is -1.93. The topological polar surface area (TPSA) is 87.1 Å². The maximum atomic E-state index is 14.8. The fraction of sp³-hybridized carbons (Fsp3) is 0.581. The van der Waals surface area contributed by atoms with Crippen molar-refractivity contribution in [3.05, 3.63) is 54.6 Å². The van der Waals surface area contributed by atoms with Crippen molar-refractivity contribution >= 4 is 35.2 Å². The van der Waals surface area contributed by atoms with Gasteiger partial charge in [-0.2, -0.15) is 0 Å². The molecule has 3 unspecified atom stereocenters. The average molecular weight is 555 g/mol. The van der Waals surface area contributed by atoms with Gasteiger partial charge in [0.25, 0.3) is 5.91 Å².